The van der Waals surface area contributed by atoms with Gasteiger partial charge in [-0.15, -0.1) is 0 Å². The highest BCUT2D eigenvalue weighted by Gasteiger charge is 2.32. The third kappa shape index (κ3) is 2.38. The second-order valence-corrected chi connectivity index (χ2v) is 5.27. The lowest BCUT2D eigenvalue weighted by molar-refractivity contribution is 0.0428. The molecule has 0 aromatic heterocycles. The zero-order chi connectivity index (χ0) is 12.6. The first-order valence-electron chi connectivity index (χ1n) is 6.38. The van der Waals surface area contributed by atoms with Crippen molar-refractivity contribution < 1.29 is 9.84 Å². The highest BCUT2D eigenvalue weighted by molar-refractivity contribution is 5.38. The Morgan fingerprint density at radius 3 is 2.41 bits per heavy atom. The molecule has 0 amide bonds. The van der Waals surface area contributed by atoms with Gasteiger partial charge < -0.3 is 9.84 Å². The van der Waals surface area contributed by atoms with Crippen LogP contribution in [0.2, 0.25) is 0 Å². The molecule has 0 aliphatic carbocycles. The second kappa shape index (κ2) is 4.79. The SMILES string of the molecule is Cc1cc(C)c(C(O)C2CCOC2C)cc1C. The van der Waals surface area contributed by atoms with Crippen molar-refractivity contribution in [2.24, 2.45) is 5.92 Å². The summed E-state index contributed by atoms with van der Waals surface area (Å²) >= 11 is 0. The summed E-state index contributed by atoms with van der Waals surface area (Å²) in [5, 5.41) is 10.5. The molecule has 2 rings (SSSR count). The van der Waals surface area contributed by atoms with Crippen LogP contribution in [0.5, 0.6) is 0 Å². The molecule has 0 bridgehead atoms. The second-order valence-electron chi connectivity index (χ2n) is 5.27. The summed E-state index contributed by atoms with van der Waals surface area (Å²) in [6.45, 7) is 9.11. The van der Waals surface area contributed by atoms with Crippen LogP contribution in [-0.4, -0.2) is 17.8 Å². The van der Waals surface area contributed by atoms with Gasteiger partial charge in [0, 0.05) is 12.5 Å². The summed E-state index contributed by atoms with van der Waals surface area (Å²) in [6, 6.07) is 4.29. The lowest BCUT2D eigenvalue weighted by atomic mass is 9.87. The van der Waals surface area contributed by atoms with E-state index in [9.17, 15) is 5.11 Å². The van der Waals surface area contributed by atoms with Crippen LogP contribution in [0.3, 0.4) is 0 Å². The largest absolute Gasteiger partial charge is 0.388 e. The summed E-state index contributed by atoms with van der Waals surface area (Å²) in [6.07, 6.45) is 0.715. The van der Waals surface area contributed by atoms with Crippen molar-refractivity contribution in [1.29, 1.82) is 0 Å². The summed E-state index contributed by atoms with van der Waals surface area (Å²) < 4.78 is 5.54. The van der Waals surface area contributed by atoms with Gasteiger partial charge in [-0.3, -0.25) is 0 Å². The smallest absolute Gasteiger partial charge is 0.0846 e. The maximum atomic E-state index is 10.5. The fourth-order valence-corrected chi connectivity index (χ4v) is 2.70. The van der Waals surface area contributed by atoms with Crippen LogP contribution in [0.1, 0.15) is 41.7 Å². The van der Waals surface area contributed by atoms with E-state index in [4.69, 9.17) is 4.74 Å². The minimum Gasteiger partial charge on any atom is -0.388 e. The van der Waals surface area contributed by atoms with Gasteiger partial charge in [-0.2, -0.15) is 0 Å². The molecule has 2 nitrogen and oxygen atoms in total. The maximum absolute atomic E-state index is 10.5. The minimum atomic E-state index is -0.396. The van der Waals surface area contributed by atoms with Crippen molar-refractivity contribution in [3.05, 3.63) is 34.4 Å². The third-order valence-electron chi connectivity index (χ3n) is 4.04. The van der Waals surface area contributed by atoms with Crippen LogP contribution in [0.15, 0.2) is 12.1 Å². The molecule has 0 spiro atoms. The Balaban J connectivity index is 2.30. The van der Waals surface area contributed by atoms with E-state index in [2.05, 4.69) is 39.8 Å². The molecule has 94 valence electrons. The number of ether oxygens (including phenoxy) is 1. The quantitative estimate of drug-likeness (QED) is 0.852. The fraction of sp³-hybridized carbons (Fsp3) is 0.600. The van der Waals surface area contributed by atoms with Crippen molar-refractivity contribution in [3.63, 3.8) is 0 Å². The Kier molecular flexibility index (Phi) is 3.55. The van der Waals surface area contributed by atoms with Crippen LogP contribution in [-0.2, 0) is 4.74 Å². The number of aliphatic hydroxyl groups is 1. The van der Waals surface area contributed by atoms with E-state index >= 15 is 0 Å². The molecule has 1 N–H and O–H groups in total. The molecule has 17 heavy (non-hydrogen) atoms. The van der Waals surface area contributed by atoms with Gasteiger partial charge in [-0.1, -0.05) is 12.1 Å². The Morgan fingerprint density at radius 1 is 1.18 bits per heavy atom. The first kappa shape index (κ1) is 12.6. The van der Waals surface area contributed by atoms with Gasteiger partial charge in [-0.05, 0) is 56.4 Å². The zero-order valence-corrected chi connectivity index (χ0v) is 11.2. The third-order valence-corrected chi connectivity index (χ3v) is 4.04. The van der Waals surface area contributed by atoms with Crippen LogP contribution in [0, 0.1) is 26.7 Å². The number of aryl methyl sites for hydroxylation is 3. The summed E-state index contributed by atoms with van der Waals surface area (Å²) in [7, 11) is 0. The van der Waals surface area contributed by atoms with E-state index in [0.29, 0.717) is 0 Å². The van der Waals surface area contributed by atoms with Crippen LogP contribution >= 0.6 is 0 Å². The lowest BCUT2D eigenvalue weighted by Crippen LogP contribution is -2.20. The van der Waals surface area contributed by atoms with E-state index in [1.54, 1.807) is 0 Å². The molecule has 3 atom stereocenters. The average Bonchev–Trinajstić information content (AvgIpc) is 2.69. The zero-order valence-electron chi connectivity index (χ0n) is 11.2. The molecule has 0 saturated carbocycles. The molecule has 1 heterocycles. The van der Waals surface area contributed by atoms with Gasteiger partial charge in [0.15, 0.2) is 0 Å². The number of aliphatic hydroxyl groups excluding tert-OH is 1. The molecule has 2 heteroatoms. The Labute approximate surface area is 104 Å². The molecule has 1 aromatic carbocycles. The molecule has 0 radical (unpaired) electrons. The standard InChI is InChI=1S/C15H22O2/c1-9-7-11(3)14(8-10(9)2)15(16)13-5-6-17-12(13)4/h7-8,12-13,15-16H,5-6H2,1-4H3. The predicted molar refractivity (Wildman–Crippen MR) is 69.1 cm³/mol. The number of benzene rings is 1. The van der Waals surface area contributed by atoms with E-state index in [1.807, 2.05) is 0 Å². The molecule has 1 aromatic rings. The normalized spacial score (nSPS) is 26.2. The summed E-state index contributed by atoms with van der Waals surface area (Å²) in [5.41, 5.74) is 4.78. The molecule has 1 fully saturated rings. The summed E-state index contributed by atoms with van der Waals surface area (Å²) in [4.78, 5) is 0. The van der Waals surface area contributed by atoms with E-state index < -0.39 is 6.10 Å². The minimum absolute atomic E-state index is 0.158. The van der Waals surface area contributed by atoms with Crippen LogP contribution in [0.4, 0.5) is 0 Å². The van der Waals surface area contributed by atoms with Gasteiger partial charge in [0.05, 0.1) is 12.2 Å². The maximum Gasteiger partial charge on any atom is 0.0846 e. The number of hydrogen-bond acceptors (Lipinski definition) is 2. The van der Waals surface area contributed by atoms with Gasteiger partial charge in [0.2, 0.25) is 0 Å². The van der Waals surface area contributed by atoms with Gasteiger partial charge in [-0.25, -0.2) is 0 Å². The van der Waals surface area contributed by atoms with E-state index in [-0.39, 0.29) is 12.0 Å². The van der Waals surface area contributed by atoms with Crippen molar-refractivity contribution >= 4 is 0 Å². The Hall–Kier alpha value is -0.860. The molecule has 1 aliphatic heterocycles. The topological polar surface area (TPSA) is 29.5 Å². The Morgan fingerprint density at radius 2 is 1.82 bits per heavy atom. The highest BCUT2D eigenvalue weighted by Crippen LogP contribution is 2.35. The van der Waals surface area contributed by atoms with Crippen molar-refractivity contribution in [2.45, 2.75) is 46.3 Å². The van der Waals surface area contributed by atoms with Crippen molar-refractivity contribution in [1.82, 2.24) is 0 Å². The van der Waals surface area contributed by atoms with Crippen molar-refractivity contribution in [3.8, 4) is 0 Å². The predicted octanol–water partition coefficient (Wildman–Crippen LogP) is 3.07. The van der Waals surface area contributed by atoms with E-state index in [0.717, 1.165) is 18.6 Å². The summed E-state index contributed by atoms with van der Waals surface area (Å²) in [5.74, 6) is 0.232. The lowest BCUT2D eigenvalue weighted by Gasteiger charge is -2.23. The van der Waals surface area contributed by atoms with Gasteiger partial charge >= 0.3 is 0 Å². The van der Waals surface area contributed by atoms with Gasteiger partial charge in [0.1, 0.15) is 0 Å². The van der Waals surface area contributed by atoms with E-state index in [1.165, 1.54) is 16.7 Å². The highest BCUT2D eigenvalue weighted by atomic mass is 16.5. The Bertz CT molecular complexity index is 412. The molecule has 1 saturated heterocycles. The molecule has 3 unspecified atom stereocenters. The number of rotatable bonds is 2. The molecular weight excluding hydrogens is 212 g/mol. The van der Waals surface area contributed by atoms with Crippen LogP contribution in [0.25, 0.3) is 0 Å². The van der Waals surface area contributed by atoms with Crippen molar-refractivity contribution in [2.75, 3.05) is 6.61 Å². The first-order valence-corrected chi connectivity index (χ1v) is 6.38. The first-order chi connectivity index (χ1) is 8.00. The van der Waals surface area contributed by atoms with Gasteiger partial charge in [0.25, 0.3) is 0 Å². The monoisotopic (exact) mass is 234 g/mol. The molecular formula is C15H22O2. The number of hydrogen-bond donors (Lipinski definition) is 1. The fourth-order valence-electron chi connectivity index (χ4n) is 2.70. The molecule has 1 aliphatic rings. The average molecular weight is 234 g/mol. The van der Waals surface area contributed by atoms with Crippen LogP contribution < -0.4 is 0 Å².